The van der Waals surface area contributed by atoms with Crippen molar-refractivity contribution in [1.82, 2.24) is 0 Å². The summed E-state index contributed by atoms with van der Waals surface area (Å²) in [4.78, 5) is 34.6. The Kier molecular flexibility index (Phi) is 10.6. The van der Waals surface area contributed by atoms with Crippen LogP contribution in [0.4, 0.5) is 4.39 Å². The predicted octanol–water partition coefficient (Wildman–Crippen LogP) is 5.58. The Labute approximate surface area is 225 Å². The number of halogens is 1. The molecule has 7 nitrogen and oxygen atoms in total. The number of rotatable bonds is 11. The van der Waals surface area contributed by atoms with Gasteiger partial charge >= 0.3 is 17.9 Å². The number of hydrogen-bond donors (Lipinski definition) is 0. The standard InChI is InChI=1S/C31H25FO7/c1-3-29(33)37-21-5-4-20-36-26-14-10-24(11-15-26)7-6-23-8-12-25(13-9-23)31(35)39-28-18-16-27(17-19-28)38-30(34)22(2)32/h3,8-19H,1-2,4-5,20-21H2. The van der Waals surface area contributed by atoms with Gasteiger partial charge in [0, 0.05) is 17.2 Å². The SMILES string of the molecule is C=CC(=O)OCCCCOc1ccc(C#Cc2ccc(C(=O)Oc3ccc(OC(=O)C(=C)F)cc3)cc2)cc1. The molecule has 0 amide bonds. The average molecular weight is 529 g/mol. The van der Waals surface area contributed by atoms with Crippen molar-refractivity contribution in [1.29, 1.82) is 0 Å². The molecule has 8 heteroatoms. The summed E-state index contributed by atoms with van der Waals surface area (Å²) in [5.41, 5.74) is 1.84. The molecule has 0 N–H and O–H groups in total. The van der Waals surface area contributed by atoms with E-state index in [1.807, 2.05) is 24.3 Å². The molecular weight excluding hydrogens is 503 g/mol. The van der Waals surface area contributed by atoms with Crippen molar-refractivity contribution >= 4 is 17.9 Å². The third-order valence-corrected chi connectivity index (χ3v) is 5.01. The zero-order valence-corrected chi connectivity index (χ0v) is 21.0. The first-order valence-electron chi connectivity index (χ1n) is 11.9. The van der Waals surface area contributed by atoms with E-state index in [0.717, 1.165) is 18.1 Å². The van der Waals surface area contributed by atoms with E-state index in [2.05, 4.69) is 25.0 Å². The highest BCUT2D eigenvalue weighted by atomic mass is 19.1. The molecule has 198 valence electrons. The minimum atomic E-state index is -1.21. The third-order valence-electron chi connectivity index (χ3n) is 5.01. The number of benzene rings is 3. The van der Waals surface area contributed by atoms with E-state index in [0.29, 0.717) is 36.5 Å². The zero-order valence-electron chi connectivity index (χ0n) is 21.0. The smallest absolute Gasteiger partial charge is 0.371 e. The number of carbonyl (C=O) groups excluding carboxylic acids is 3. The van der Waals surface area contributed by atoms with Gasteiger partial charge in [-0.15, -0.1) is 0 Å². The predicted molar refractivity (Wildman–Crippen MR) is 142 cm³/mol. The molecule has 0 spiro atoms. The minimum Gasteiger partial charge on any atom is -0.494 e. The lowest BCUT2D eigenvalue weighted by molar-refractivity contribution is -0.138. The first-order chi connectivity index (χ1) is 18.8. The lowest BCUT2D eigenvalue weighted by atomic mass is 10.1. The Bertz CT molecular complexity index is 1380. The Morgan fingerprint density at radius 3 is 1.82 bits per heavy atom. The van der Waals surface area contributed by atoms with Gasteiger partial charge in [-0.25, -0.2) is 14.4 Å². The second-order valence-corrected chi connectivity index (χ2v) is 7.93. The van der Waals surface area contributed by atoms with E-state index in [1.54, 1.807) is 24.3 Å². The highest BCUT2D eigenvalue weighted by Crippen LogP contribution is 2.20. The van der Waals surface area contributed by atoms with Crippen molar-refractivity contribution in [2.75, 3.05) is 13.2 Å². The Morgan fingerprint density at radius 1 is 0.744 bits per heavy atom. The van der Waals surface area contributed by atoms with Crippen molar-refractivity contribution < 1.29 is 37.7 Å². The van der Waals surface area contributed by atoms with Crippen LogP contribution >= 0.6 is 0 Å². The molecule has 0 bridgehead atoms. The first-order valence-corrected chi connectivity index (χ1v) is 11.9. The number of hydrogen-bond acceptors (Lipinski definition) is 7. The van der Waals surface area contributed by atoms with E-state index < -0.39 is 23.7 Å². The Morgan fingerprint density at radius 2 is 1.26 bits per heavy atom. The second-order valence-electron chi connectivity index (χ2n) is 7.93. The topological polar surface area (TPSA) is 88.1 Å². The van der Waals surface area contributed by atoms with Gasteiger partial charge in [-0.1, -0.05) is 25.0 Å². The normalized spacial score (nSPS) is 9.87. The molecular formula is C31H25FO7. The maximum Gasteiger partial charge on any atom is 0.371 e. The molecule has 3 rings (SSSR count). The molecule has 0 unspecified atom stereocenters. The monoisotopic (exact) mass is 528 g/mol. The van der Waals surface area contributed by atoms with Crippen molar-refractivity contribution in [3.63, 3.8) is 0 Å². The summed E-state index contributed by atoms with van der Waals surface area (Å²) in [5.74, 6) is 3.72. The van der Waals surface area contributed by atoms with Crippen molar-refractivity contribution in [2.45, 2.75) is 12.8 Å². The van der Waals surface area contributed by atoms with Gasteiger partial charge in [0.05, 0.1) is 18.8 Å². The summed E-state index contributed by atoms with van der Waals surface area (Å²) in [6, 6.07) is 19.5. The summed E-state index contributed by atoms with van der Waals surface area (Å²) in [5, 5.41) is 0. The van der Waals surface area contributed by atoms with Gasteiger partial charge in [-0.05, 0) is 85.6 Å². The quantitative estimate of drug-likeness (QED) is 0.106. The second kappa shape index (κ2) is 14.5. The fourth-order valence-electron chi connectivity index (χ4n) is 3.00. The molecule has 39 heavy (non-hydrogen) atoms. The zero-order chi connectivity index (χ0) is 28.0. The number of carbonyl (C=O) groups is 3. The van der Waals surface area contributed by atoms with Crippen molar-refractivity contribution in [3.8, 4) is 29.1 Å². The van der Waals surface area contributed by atoms with Crippen molar-refractivity contribution in [2.24, 2.45) is 0 Å². The molecule has 0 atom stereocenters. The average Bonchev–Trinajstić information content (AvgIpc) is 2.95. The lowest BCUT2D eigenvalue weighted by Gasteiger charge is -2.06. The third kappa shape index (κ3) is 9.67. The molecule has 0 aliphatic heterocycles. The molecule has 0 aromatic heterocycles. The van der Waals surface area contributed by atoms with E-state index in [9.17, 15) is 18.8 Å². The summed E-state index contributed by atoms with van der Waals surface area (Å²) < 4.78 is 33.4. The van der Waals surface area contributed by atoms with Crippen LogP contribution in [0.15, 0.2) is 97.9 Å². The highest BCUT2D eigenvalue weighted by molar-refractivity contribution is 5.91. The molecule has 0 radical (unpaired) electrons. The first kappa shape index (κ1) is 28.4. The maximum absolute atomic E-state index is 12.7. The van der Waals surface area contributed by atoms with Gasteiger partial charge < -0.3 is 18.9 Å². The molecule has 3 aromatic carbocycles. The summed E-state index contributed by atoms with van der Waals surface area (Å²) in [6.45, 7) is 7.04. The number of ether oxygens (including phenoxy) is 4. The highest BCUT2D eigenvalue weighted by Gasteiger charge is 2.11. The molecule has 0 fully saturated rings. The van der Waals surface area contributed by atoms with Crippen LogP contribution in [0.25, 0.3) is 0 Å². The van der Waals surface area contributed by atoms with Crippen LogP contribution in [0.3, 0.4) is 0 Å². The van der Waals surface area contributed by atoms with E-state index in [-0.39, 0.29) is 11.5 Å². The van der Waals surface area contributed by atoms with Crippen molar-refractivity contribution in [3.05, 3.63) is 115 Å². The van der Waals surface area contributed by atoms with Gasteiger partial charge in [-0.2, -0.15) is 4.39 Å². The van der Waals surface area contributed by atoms with E-state index >= 15 is 0 Å². The summed E-state index contributed by atoms with van der Waals surface area (Å²) >= 11 is 0. The van der Waals surface area contributed by atoms with Crippen LogP contribution < -0.4 is 14.2 Å². The van der Waals surface area contributed by atoms with Gasteiger partial charge in [-0.3, -0.25) is 0 Å². The van der Waals surface area contributed by atoms with E-state index in [4.69, 9.17) is 18.9 Å². The van der Waals surface area contributed by atoms with Gasteiger partial charge in [0.15, 0.2) is 0 Å². The molecule has 0 aliphatic rings. The molecule has 3 aromatic rings. The van der Waals surface area contributed by atoms with Gasteiger partial charge in [0.25, 0.3) is 0 Å². The van der Waals surface area contributed by atoms with Gasteiger partial charge in [0.1, 0.15) is 17.2 Å². The molecule has 0 heterocycles. The number of esters is 3. The van der Waals surface area contributed by atoms with E-state index in [1.165, 1.54) is 24.3 Å². The molecule has 0 saturated heterocycles. The summed E-state index contributed by atoms with van der Waals surface area (Å²) in [6.07, 6.45) is 2.58. The molecule has 0 aliphatic carbocycles. The van der Waals surface area contributed by atoms with Crippen LogP contribution in [0, 0.1) is 11.8 Å². The van der Waals surface area contributed by atoms with Crippen LogP contribution in [0.2, 0.25) is 0 Å². The van der Waals surface area contributed by atoms with Crippen LogP contribution in [0.1, 0.15) is 34.3 Å². The maximum atomic E-state index is 12.7. The van der Waals surface area contributed by atoms with Crippen LogP contribution in [-0.2, 0) is 14.3 Å². The Balaban J connectivity index is 1.46. The largest absolute Gasteiger partial charge is 0.494 e. The minimum absolute atomic E-state index is 0.0874. The fourth-order valence-corrected chi connectivity index (χ4v) is 3.00. The summed E-state index contributed by atoms with van der Waals surface area (Å²) in [7, 11) is 0. The molecule has 0 saturated carbocycles. The number of unbranched alkanes of at least 4 members (excludes halogenated alkanes) is 1. The Hall–Kier alpha value is -5.16. The van der Waals surface area contributed by atoms with Crippen LogP contribution in [-0.4, -0.2) is 31.1 Å². The fraction of sp³-hybridized carbons (Fsp3) is 0.129. The van der Waals surface area contributed by atoms with Crippen LogP contribution in [0.5, 0.6) is 17.2 Å². The lowest BCUT2D eigenvalue weighted by Crippen LogP contribution is -2.09. The van der Waals surface area contributed by atoms with Gasteiger partial charge in [0.2, 0.25) is 5.83 Å².